The van der Waals surface area contributed by atoms with Crippen LogP contribution in [0, 0.1) is 15.3 Å². The smallest absolute Gasteiger partial charge is 0.269 e. The molecule has 0 atom stereocenters. The molecule has 1 aromatic heterocycles. The molecule has 0 aliphatic heterocycles. The van der Waals surface area contributed by atoms with Crippen LogP contribution in [0.5, 0.6) is 0 Å². The second-order valence-electron chi connectivity index (χ2n) is 4.05. The predicted molar refractivity (Wildman–Crippen MR) is 69.7 cm³/mol. The van der Waals surface area contributed by atoms with Crippen molar-refractivity contribution in [1.82, 2.24) is 5.32 Å². The SMILES string of the molecule is O=C(NCc1cc[n+]([O-])cc1)c1ccc([N+](=O)[O-])cc1. The number of amides is 1. The van der Waals surface area contributed by atoms with Gasteiger partial charge in [0.25, 0.3) is 11.6 Å². The number of hydrogen-bond donors (Lipinski definition) is 1. The average Bonchev–Trinajstić information content (AvgIpc) is 2.46. The predicted octanol–water partition coefficient (Wildman–Crippen LogP) is 1.16. The van der Waals surface area contributed by atoms with Gasteiger partial charge in [-0.25, -0.2) is 0 Å². The standard InChI is InChI=1S/C13H11N3O4/c17-13(11-1-3-12(4-2-11)16(19)20)14-9-10-5-7-15(18)8-6-10/h1-8H,9H2,(H,14,17). The second kappa shape index (κ2) is 5.79. The van der Waals surface area contributed by atoms with E-state index in [1.165, 1.54) is 36.7 Å². The van der Waals surface area contributed by atoms with E-state index in [1.54, 1.807) is 12.1 Å². The fraction of sp³-hybridized carbons (Fsp3) is 0.0769. The van der Waals surface area contributed by atoms with Crippen LogP contribution in [0.1, 0.15) is 15.9 Å². The van der Waals surface area contributed by atoms with Gasteiger partial charge in [0.15, 0.2) is 12.4 Å². The van der Waals surface area contributed by atoms with Crippen molar-refractivity contribution in [3.8, 4) is 0 Å². The monoisotopic (exact) mass is 273 g/mol. The van der Waals surface area contributed by atoms with Crippen LogP contribution in [0.4, 0.5) is 5.69 Å². The van der Waals surface area contributed by atoms with Crippen molar-refractivity contribution in [3.63, 3.8) is 0 Å². The first-order chi connectivity index (χ1) is 9.56. The molecular weight excluding hydrogens is 262 g/mol. The van der Waals surface area contributed by atoms with E-state index in [0.717, 1.165) is 5.56 Å². The second-order valence-corrected chi connectivity index (χ2v) is 4.05. The Hall–Kier alpha value is -2.96. The van der Waals surface area contributed by atoms with Crippen LogP contribution in [-0.4, -0.2) is 10.8 Å². The van der Waals surface area contributed by atoms with Gasteiger partial charge in [-0.2, -0.15) is 4.73 Å². The van der Waals surface area contributed by atoms with E-state index >= 15 is 0 Å². The maximum atomic E-state index is 11.8. The largest absolute Gasteiger partial charge is 0.619 e. The summed E-state index contributed by atoms with van der Waals surface area (Å²) in [5.41, 5.74) is 1.06. The first kappa shape index (κ1) is 13.5. The van der Waals surface area contributed by atoms with Gasteiger partial charge in [-0.05, 0) is 17.7 Å². The molecule has 0 aliphatic rings. The zero-order valence-corrected chi connectivity index (χ0v) is 10.4. The zero-order valence-electron chi connectivity index (χ0n) is 10.4. The highest BCUT2D eigenvalue weighted by atomic mass is 16.6. The first-order valence-electron chi connectivity index (χ1n) is 5.76. The van der Waals surface area contributed by atoms with Crippen molar-refractivity contribution >= 4 is 11.6 Å². The van der Waals surface area contributed by atoms with Gasteiger partial charge >= 0.3 is 0 Å². The van der Waals surface area contributed by atoms with Crippen LogP contribution in [-0.2, 0) is 6.54 Å². The Bertz CT molecular complexity index is 623. The summed E-state index contributed by atoms with van der Waals surface area (Å²) in [5, 5.41) is 24.0. The number of benzene rings is 1. The number of nitrogens with zero attached hydrogens (tertiary/aromatic N) is 2. The number of aromatic nitrogens is 1. The van der Waals surface area contributed by atoms with Crippen molar-refractivity contribution in [2.75, 3.05) is 0 Å². The fourth-order valence-electron chi connectivity index (χ4n) is 1.58. The summed E-state index contributed by atoms with van der Waals surface area (Å²) < 4.78 is 0.654. The minimum atomic E-state index is -0.524. The Kier molecular flexibility index (Phi) is 3.90. The van der Waals surface area contributed by atoms with Gasteiger partial charge in [-0.1, -0.05) is 0 Å². The fourth-order valence-corrected chi connectivity index (χ4v) is 1.58. The average molecular weight is 273 g/mol. The molecule has 2 rings (SSSR count). The summed E-state index contributed by atoms with van der Waals surface area (Å²) in [6.45, 7) is 0.274. The molecule has 0 fully saturated rings. The number of pyridine rings is 1. The first-order valence-corrected chi connectivity index (χ1v) is 5.76. The highest BCUT2D eigenvalue weighted by Gasteiger charge is 2.09. The molecule has 1 heterocycles. The number of nitro benzene ring substituents is 1. The lowest BCUT2D eigenvalue weighted by Gasteiger charge is -2.05. The van der Waals surface area contributed by atoms with E-state index in [0.29, 0.717) is 10.3 Å². The van der Waals surface area contributed by atoms with Gasteiger partial charge < -0.3 is 10.5 Å². The van der Waals surface area contributed by atoms with Gasteiger partial charge in [-0.15, -0.1) is 0 Å². The summed E-state index contributed by atoms with van der Waals surface area (Å²) in [5.74, 6) is -0.334. The molecule has 20 heavy (non-hydrogen) atoms. The summed E-state index contributed by atoms with van der Waals surface area (Å²) in [4.78, 5) is 21.8. The molecule has 1 N–H and O–H groups in total. The molecule has 0 radical (unpaired) electrons. The molecule has 7 heteroatoms. The maximum absolute atomic E-state index is 11.8. The highest BCUT2D eigenvalue weighted by Crippen LogP contribution is 2.11. The molecule has 0 aliphatic carbocycles. The summed E-state index contributed by atoms with van der Waals surface area (Å²) >= 11 is 0. The topological polar surface area (TPSA) is 99.2 Å². The van der Waals surface area contributed by atoms with Gasteiger partial charge in [-0.3, -0.25) is 14.9 Å². The molecule has 1 amide bonds. The van der Waals surface area contributed by atoms with Crippen molar-refractivity contribution < 1.29 is 14.4 Å². The van der Waals surface area contributed by atoms with Crippen LogP contribution in [0.25, 0.3) is 0 Å². The van der Waals surface area contributed by atoms with E-state index in [-0.39, 0.29) is 18.1 Å². The number of rotatable bonds is 4. The van der Waals surface area contributed by atoms with Gasteiger partial charge in [0.1, 0.15) is 0 Å². The van der Waals surface area contributed by atoms with E-state index in [1.807, 2.05) is 0 Å². The van der Waals surface area contributed by atoms with Crippen LogP contribution >= 0.6 is 0 Å². The highest BCUT2D eigenvalue weighted by molar-refractivity contribution is 5.94. The Morgan fingerprint density at radius 3 is 2.30 bits per heavy atom. The summed E-state index contributed by atoms with van der Waals surface area (Å²) in [7, 11) is 0. The quantitative estimate of drug-likeness (QED) is 0.391. The normalized spacial score (nSPS) is 10.0. The third-order valence-corrected chi connectivity index (χ3v) is 2.66. The van der Waals surface area contributed by atoms with Crippen LogP contribution in [0.3, 0.4) is 0 Å². The van der Waals surface area contributed by atoms with Crippen LogP contribution < -0.4 is 10.0 Å². The maximum Gasteiger partial charge on any atom is 0.269 e. The Morgan fingerprint density at radius 1 is 1.15 bits per heavy atom. The molecule has 7 nitrogen and oxygen atoms in total. The van der Waals surface area contributed by atoms with E-state index in [4.69, 9.17) is 0 Å². The molecule has 2 aromatic rings. The van der Waals surface area contributed by atoms with E-state index in [2.05, 4.69) is 5.32 Å². The number of carbonyl (C=O) groups excluding carboxylic acids is 1. The Labute approximate surface area is 114 Å². The number of non-ortho nitro benzene ring substituents is 1. The third kappa shape index (κ3) is 3.29. The van der Waals surface area contributed by atoms with E-state index in [9.17, 15) is 20.1 Å². The van der Waals surface area contributed by atoms with E-state index < -0.39 is 4.92 Å². The minimum absolute atomic E-state index is 0.0652. The van der Waals surface area contributed by atoms with Crippen LogP contribution in [0.15, 0.2) is 48.8 Å². The van der Waals surface area contributed by atoms with Crippen molar-refractivity contribution in [3.05, 3.63) is 75.2 Å². The number of hydrogen-bond acceptors (Lipinski definition) is 4. The van der Waals surface area contributed by atoms with Gasteiger partial charge in [0.2, 0.25) is 0 Å². The zero-order chi connectivity index (χ0) is 14.5. The number of carbonyl (C=O) groups is 1. The Balaban J connectivity index is 1.97. The van der Waals surface area contributed by atoms with Crippen LogP contribution in [0.2, 0.25) is 0 Å². The Morgan fingerprint density at radius 2 is 1.75 bits per heavy atom. The van der Waals surface area contributed by atoms with Crippen molar-refractivity contribution in [1.29, 1.82) is 0 Å². The molecule has 102 valence electrons. The lowest BCUT2D eigenvalue weighted by Crippen LogP contribution is -2.26. The minimum Gasteiger partial charge on any atom is -0.619 e. The molecule has 0 unspecified atom stereocenters. The molecular formula is C13H11N3O4. The molecule has 1 aromatic carbocycles. The van der Waals surface area contributed by atoms with Crippen molar-refractivity contribution in [2.24, 2.45) is 0 Å². The van der Waals surface area contributed by atoms with Gasteiger partial charge in [0, 0.05) is 36.4 Å². The van der Waals surface area contributed by atoms with Crippen molar-refractivity contribution in [2.45, 2.75) is 6.54 Å². The summed E-state index contributed by atoms with van der Waals surface area (Å²) in [6.07, 6.45) is 2.68. The molecule has 0 saturated carbocycles. The lowest BCUT2D eigenvalue weighted by molar-refractivity contribution is -0.605. The molecule has 0 spiro atoms. The summed E-state index contributed by atoms with van der Waals surface area (Å²) in [6, 6.07) is 8.54. The molecule has 0 bridgehead atoms. The number of nitrogens with one attached hydrogen (secondary N) is 1. The molecule has 0 saturated heterocycles. The third-order valence-electron chi connectivity index (χ3n) is 2.66. The lowest BCUT2D eigenvalue weighted by atomic mass is 10.2. The number of nitro groups is 1. The van der Waals surface area contributed by atoms with Gasteiger partial charge in [0.05, 0.1) is 4.92 Å².